The number of hydrogen-bond acceptors (Lipinski definition) is 5. The summed E-state index contributed by atoms with van der Waals surface area (Å²) >= 11 is 0. The molecule has 0 radical (unpaired) electrons. The van der Waals surface area contributed by atoms with E-state index in [9.17, 15) is 14.7 Å². The number of nitrogens with one attached hydrogen (secondary N) is 1. The van der Waals surface area contributed by atoms with Gasteiger partial charge in [0.1, 0.15) is 6.04 Å². The Hall–Kier alpha value is -1.14. The van der Waals surface area contributed by atoms with Crippen LogP contribution in [-0.2, 0) is 14.3 Å². The van der Waals surface area contributed by atoms with Crippen molar-refractivity contribution < 1.29 is 19.4 Å². The zero-order valence-electron chi connectivity index (χ0n) is 11.2. The van der Waals surface area contributed by atoms with Crippen LogP contribution < -0.4 is 5.32 Å². The first kappa shape index (κ1) is 14.9. The highest BCUT2D eigenvalue weighted by Crippen LogP contribution is 2.19. The number of ether oxygens (including phenoxy) is 1. The molecule has 2 atom stereocenters. The van der Waals surface area contributed by atoms with Crippen molar-refractivity contribution in [3.8, 4) is 0 Å². The minimum absolute atomic E-state index is 0.0463. The number of rotatable bonds is 5. The maximum Gasteiger partial charge on any atom is 0.323 e. The molecule has 0 aromatic heterocycles. The summed E-state index contributed by atoms with van der Waals surface area (Å²) in [6.07, 6.45) is 0.166. The molecule has 6 nitrogen and oxygen atoms in total. The van der Waals surface area contributed by atoms with Gasteiger partial charge in [-0.25, -0.2) is 0 Å². The maximum absolute atomic E-state index is 11.5. The Bertz CT molecular complexity index is 306. The number of β-amino-alcohol motifs (C(OH)–C–C–N with tert-alkyl or cyclic N) is 1. The van der Waals surface area contributed by atoms with Gasteiger partial charge in [-0.3, -0.25) is 14.5 Å². The summed E-state index contributed by atoms with van der Waals surface area (Å²) in [6, 6.07) is -0.324. The smallest absolute Gasteiger partial charge is 0.323 e. The van der Waals surface area contributed by atoms with Crippen molar-refractivity contribution in [2.75, 3.05) is 20.2 Å². The number of hydrogen-bond donors (Lipinski definition) is 2. The standard InChI is InChI=1S/C12H22N2O4/c1-8(2)13-11(16)4-5-14-7-9(15)6-10(14)12(17)18-3/h8-10,15H,4-7H2,1-3H3,(H,13,16). The molecule has 1 amide bonds. The molecule has 0 aromatic carbocycles. The Morgan fingerprint density at radius 3 is 2.72 bits per heavy atom. The summed E-state index contributed by atoms with van der Waals surface area (Å²) in [4.78, 5) is 24.8. The molecule has 104 valence electrons. The maximum atomic E-state index is 11.5. The molecule has 1 aliphatic rings. The molecule has 0 aromatic rings. The highest BCUT2D eigenvalue weighted by Gasteiger charge is 2.36. The van der Waals surface area contributed by atoms with E-state index in [0.717, 1.165) is 0 Å². The van der Waals surface area contributed by atoms with Gasteiger partial charge in [0.15, 0.2) is 0 Å². The predicted octanol–water partition coefficient (Wildman–Crippen LogP) is -0.491. The number of carbonyl (C=O) groups is 2. The van der Waals surface area contributed by atoms with E-state index in [1.54, 1.807) is 4.90 Å². The van der Waals surface area contributed by atoms with E-state index in [2.05, 4.69) is 5.32 Å². The van der Waals surface area contributed by atoms with Crippen LogP contribution in [-0.4, -0.2) is 60.3 Å². The van der Waals surface area contributed by atoms with E-state index >= 15 is 0 Å². The summed E-state index contributed by atoms with van der Waals surface area (Å²) in [5.74, 6) is -0.397. The van der Waals surface area contributed by atoms with Crippen LogP contribution in [0.2, 0.25) is 0 Å². The average molecular weight is 258 g/mol. The first-order valence-corrected chi connectivity index (χ1v) is 6.23. The van der Waals surface area contributed by atoms with Crippen molar-refractivity contribution in [2.45, 2.75) is 44.9 Å². The lowest BCUT2D eigenvalue weighted by molar-refractivity contribution is -0.146. The summed E-state index contributed by atoms with van der Waals surface area (Å²) in [5, 5.41) is 12.4. The van der Waals surface area contributed by atoms with Gasteiger partial charge in [0.05, 0.1) is 13.2 Å². The van der Waals surface area contributed by atoms with Crippen molar-refractivity contribution in [1.82, 2.24) is 10.2 Å². The monoisotopic (exact) mass is 258 g/mol. The predicted molar refractivity (Wildman–Crippen MR) is 65.9 cm³/mol. The molecule has 1 fully saturated rings. The van der Waals surface area contributed by atoms with Crippen LogP contribution in [0, 0.1) is 0 Å². The fraction of sp³-hybridized carbons (Fsp3) is 0.833. The fourth-order valence-electron chi connectivity index (χ4n) is 2.15. The lowest BCUT2D eigenvalue weighted by Gasteiger charge is -2.21. The van der Waals surface area contributed by atoms with Crippen molar-refractivity contribution in [1.29, 1.82) is 0 Å². The van der Waals surface area contributed by atoms with Crippen LogP contribution in [0.3, 0.4) is 0 Å². The largest absolute Gasteiger partial charge is 0.468 e. The Morgan fingerprint density at radius 2 is 2.17 bits per heavy atom. The highest BCUT2D eigenvalue weighted by molar-refractivity contribution is 5.77. The molecular weight excluding hydrogens is 236 g/mol. The van der Waals surface area contributed by atoms with Gasteiger partial charge in [0.2, 0.25) is 5.91 Å². The normalized spacial score (nSPS) is 24.3. The average Bonchev–Trinajstić information content (AvgIpc) is 2.66. The van der Waals surface area contributed by atoms with Crippen molar-refractivity contribution in [3.63, 3.8) is 0 Å². The quantitative estimate of drug-likeness (QED) is 0.651. The molecule has 2 unspecified atom stereocenters. The number of aliphatic hydroxyl groups excluding tert-OH is 1. The number of carbonyl (C=O) groups excluding carboxylic acids is 2. The molecule has 0 bridgehead atoms. The van der Waals surface area contributed by atoms with E-state index in [1.807, 2.05) is 13.8 Å². The van der Waals surface area contributed by atoms with Gasteiger partial charge in [-0.1, -0.05) is 0 Å². The molecule has 1 rings (SSSR count). The van der Waals surface area contributed by atoms with Gasteiger partial charge in [0.25, 0.3) is 0 Å². The third-order valence-corrected chi connectivity index (χ3v) is 2.93. The number of nitrogens with zero attached hydrogens (tertiary/aromatic N) is 1. The molecule has 6 heteroatoms. The number of esters is 1. The van der Waals surface area contributed by atoms with E-state index < -0.39 is 12.1 Å². The fourth-order valence-corrected chi connectivity index (χ4v) is 2.15. The zero-order chi connectivity index (χ0) is 13.7. The Morgan fingerprint density at radius 1 is 1.50 bits per heavy atom. The van der Waals surface area contributed by atoms with E-state index in [4.69, 9.17) is 4.74 Å². The second-order valence-corrected chi connectivity index (χ2v) is 4.90. The Balaban J connectivity index is 2.44. The number of likely N-dealkylation sites (tertiary alicyclic amines) is 1. The van der Waals surface area contributed by atoms with Gasteiger partial charge in [-0.15, -0.1) is 0 Å². The third-order valence-electron chi connectivity index (χ3n) is 2.93. The molecule has 1 aliphatic heterocycles. The molecule has 2 N–H and O–H groups in total. The van der Waals surface area contributed by atoms with Crippen LogP contribution in [0.25, 0.3) is 0 Å². The van der Waals surface area contributed by atoms with Crippen molar-refractivity contribution in [2.24, 2.45) is 0 Å². The zero-order valence-corrected chi connectivity index (χ0v) is 11.2. The summed E-state index contributed by atoms with van der Waals surface area (Å²) in [5.41, 5.74) is 0. The number of methoxy groups -OCH3 is 1. The van der Waals surface area contributed by atoms with E-state index in [0.29, 0.717) is 25.9 Å². The summed E-state index contributed by atoms with van der Waals surface area (Å²) in [6.45, 7) is 4.66. The highest BCUT2D eigenvalue weighted by atomic mass is 16.5. The molecule has 1 saturated heterocycles. The second-order valence-electron chi connectivity index (χ2n) is 4.90. The molecule has 1 heterocycles. The lowest BCUT2D eigenvalue weighted by Crippen LogP contribution is -2.40. The molecule has 18 heavy (non-hydrogen) atoms. The van der Waals surface area contributed by atoms with E-state index in [-0.39, 0.29) is 17.9 Å². The Labute approximate surface area is 107 Å². The van der Waals surface area contributed by atoms with Crippen LogP contribution in [0.15, 0.2) is 0 Å². The van der Waals surface area contributed by atoms with Crippen LogP contribution >= 0.6 is 0 Å². The molecule has 0 aliphatic carbocycles. The van der Waals surface area contributed by atoms with Crippen LogP contribution in [0.4, 0.5) is 0 Å². The first-order valence-electron chi connectivity index (χ1n) is 6.23. The number of aliphatic hydroxyl groups is 1. The topological polar surface area (TPSA) is 78.9 Å². The molecular formula is C12H22N2O4. The second kappa shape index (κ2) is 6.70. The van der Waals surface area contributed by atoms with Crippen molar-refractivity contribution >= 4 is 11.9 Å². The van der Waals surface area contributed by atoms with Crippen molar-refractivity contribution in [3.05, 3.63) is 0 Å². The van der Waals surface area contributed by atoms with Gasteiger partial charge in [0, 0.05) is 32.0 Å². The lowest BCUT2D eigenvalue weighted by atomic mass is 10.2. The minimum atomic E-state index is -0.526. The molecule has 0 saturated carbocycles. The first-order chi connectivity index (χ1) is 8.43. The summed E-state index contributed by atoms with van der Waals surface area (Å²) in [7, 11) is 1.33. The third kappa shape index (κ3) is 4.27. The van der Waals surface area contributed by atoms with Gasteiger partial charge >= 0.3 is 5.97 Å². The number of amides is 1. The van der Waals surface area contributed by atoms with Gasteiger partial charge in [-0.05, 0) is 13.8 Å². The summed E-state index contributed by atoms with van der Waals surface area (Å²) < 4.78 is 4.69. The van der Waals surface area contributed by atoms with Crippen LogP contribution in [0.5, 0.6) is 0 Å². The minimum Gasteiger partial charge on any atom is -0.468 e. The van der Waals surface area contributed by atoms with Crippen LogP contribution in [0.1, 0.15) is 26.7 Å². The van der Waals surface area contributed by atoms with Gasteiger partial charge in [-0.2, -0.15) is 0 Å². The molecule has 0 spiro atoms. The SMILES string of the molecule is COC(=O)C1CC(O)CN1CCC(=O)NC(C)C. The van der Waals surface area contributed by atoms with E-state index in [1.165, 1.54) is 7.11 Å². The van der Waals surface area contributed by atoms with Gasteiger partial charge < -0.3 is 15.2 Å². The Kier molecular flexibility index (Phi) is 5.55.